The molecule has 0 aliphatic carbocycles. The predicted molar refractivity (Wildman–Crippen MR) is 123 cm³/mol. The minimum absolute atomic E-state index is 0.176. The van der Waals surface area contributed by atoms with Gasteiger partial charge in [-0.25, -0.2) is 16.8 Å². The van der Waals surface area contributed by atoms with E-state index in [2.05, 4.69) is 5.32 Å². The second-order valence-corrected chi connectivity index (χ2v) is 11.5. The summed E-state index contributed by atoms with van der Waals surface area (Å²) in [6.45, 7) is 3.98. The predicted octanol–water partition coefficient (Wildman–Crippen LogP) is 3.21. The lowest BCUT2D eigenvalue weighted by Crippen LogP contribution is -2.33. The van der Waals surface area contributed by atoms with E-state index in [0.29, 0.717) is 18.5 Å². The van der Waals surface area contributed by atoms with Gasteiger partial charge < -0.3 is 5.32 Å². The van der Waals surface area contributed by atoms with Gasteiger partial charge in [-0.05, 0) is 49.1 Å². The van der Waals surface area contributed by atoms with Crippen molar-refractivity contribution >= 4 is 31.5 Å². The molecule has 1 amide bonds. The van der Waals surface area contributed by atoms with E-state index in [0.717, 1.165) is 23.6 Å². The number of sulfone groups is 1. The molecule has 0 fully saturated rings. The molecule has 2 aromatic carbocycles. The Hall–Kier alpha value is -2.39. The maximum Gasteiger partial charge on any atom is 0.232 e. The number of nitrogens with zero attached hydrogens (tertiary/aromatic N) is 1. The Balaban J connectivity index is 2.00. The molecule has 0 aromatic heterocycles. The number of hydrogen-bond donors (Lipinski definition) is 1. The van der Waals surface area contributed by atoms with Crippen molar-refractivity contribution in [3.8, 4) is 0 Å². The number of para-hydroxylation sites is 1. The van der Waals surface area contributed by atoms with Crippen molar-refractivity contribution in [3.05, 3.63) is 59.7 Å². The first-order chi connectivity index (χ1) is 14.4. The third-order valence-corrected chi connectivity index (χ3v) is 7.31. The van der Waals surface area contributed by atoms with Crippen LogP contribution in [0.2, 0.25) is 0 Å². The second-order valence-electron chi connectivity index (χ2n) is 7.59. The van der Waals surface area contributed by atoms with Crippen LogP contribution < -0.4 is 9.62 Å². The average Bonchev–Trinajstić information content (AvgIpc) is 2.69. The SMILES string of the molecule is CC[C@H](NC(=O)CCCN(c1ccccc1C)S(C)(=O)=O)c1ccc(S(C)(=O)=O)cc1. The third kappa shape index (κ3) is 7.07. The zero-order chi connectivity index (χ0) is 23.2. The molecule has 2 aromatic rings. The van der Waals surface area contributed by atoms with Crippen molar-refractivity contribution in [1.82, 2.24) is 5.32 Å². The van der Waals surface area contributed by atoms with Gasteiger partial charge in [-0.1, -0.05) is 37.3 Å². The fraction of sp³-hybridized carbons (Fsp3) is 0.409. The molecule has 0 unspecified atom stereocenters. The third-order valence-electron chi connectivity index (χ3n) is 5.00. The molecule has 1 atom stereocenters. The Morgan fingerprint density at radius 3 is 2.13 bits per heavy atom. The number of carbonyl (C=O) groups is 1. The van der Waals surface area contributed by atoms with E-state index < -0.39 is 19.9 Å². The number of nitrogens with one attached hydrogen (secondary N) is 1. The Kier molecular flexibility index (Phi) is 8.25. The Labute approximate surface area is 185 Å². The molecule has 170 valence electrons. The van der Waals surface area contributed by atoms with Gasteiger partial charge in [0.15, 0.2) is 9.84 Å². The van der Waals surface area contributed by atoms with Crippen LogP contribution >= 0.6 is 0 Å². The van der Waals surface area contributed by atoms with Crippen molar-refractivity contribution in [1.29, 1.82) is 0 Å². The van der Waals surface area contributed by atoms with Crippen LogP contribution in [-0.4, -0.2) is 41.8 Å². The van der Waals surface area contributed by atoms with E-state index in [1.54, 1.807) is 24.3 Å². The summed E-state index contributed by atoms with van der Waals surface area (Å²) in [5.41, 5.74) is 2.28. The highest BCUT2D eigenvalue weighted by atomic mass is 32.2. The maximum atomic E-state index is 12.5. The van der Waals surface area contributed by atoms with E-state index in [1.165, 1.54) is 16.4 Å². The summed E-state index contributed by atoms with van der Waals surface area (Å²) in [4.78, 5) is 12.7. The highest BCUT2D eigenvalue weighted by Crippen LogP contribution is 2.23. The number of anilines is 1. The van der Waals surface area contributed by atoms with Crippen molar-refractivity contribution in [2.24, 2.45) is 0 Å². The molecule has 9 heteroatoms. The van der Waals surface area contributed by atoms with Crippen molar-refractivity contribution < 1.29 is 21.6 Å². The quantitative estimate of drug-likeness (QED) is 0.579. The van der Waals surface area contributed by atoms with E-state index in [4.69, 9.17) is 0 Å². The Bertz CT molecular complexity index is 1110. The summed E-state index contributed by atoms with van der Waals surface area (Å²) in [6, 6.07) is 13.5. The Morgan fingerprint density at radius 2 is 1.61 bits per heavy atom. The lowest BCUT2D eigenvalue weighted by Gasteiger charge is -2.24. The van der Waals surface area contributed by atoms with Gasteiger partial charge >= 0.3 is 0 Å². The summed E-state index contributed by atoms with van der Waals surface area (Å²) in [6.07, 6.45) is 3.50. The molecule has 2 rings (SSSR count). The topological polar surface area (TPSA) is 101 Å². The van der Waals surface area contributed by atoms with Crippen LogP contribution in [0.4, 0.5) is 5.69 Å². The second kappa shape index (κ2) is 10.3. The van der Waals surface area contributed by atoms with Gasteiger partial charge in [0.05, 0.1) is 22.9 Å². The lowest BCUT2D eigenvalue weighted by molar-refractivity contribution is -0.121. The summed E-state index contributed by atoms with van der Waals surface area (Å²) < 4.78 is 49.1. The summed E-state index contributed by atoms with van der Waals surface area (Å²) in [7, 11) is -6.75. The summed E-state index contributed by atoms with van der Waals surface area (Å²) in [5, 5.41) is 2.95. The normalized spacial score (nSPS) is 12.9. The Morgan fingerprint density at radius 1 is 1.00 bits per heavy atom. The van der Waals surface area contributed by atoms with Gasteiger partial charge in [-0.2, -0.15) is 0 Å². The number of benzene rings is 2. The van der Waals surface area contributed by atoms with E-state index in [1.807, 2.05) is 26.0 Å². The number of aryl methyl sites for hydroxylation is 1. The zero-order valence-electron chi connectivity index (χ0n) is 18.3. The number of sulfonamides is 1. The van der Waals surface area contributed by atoms with Crippen molar-refractivity contribution in [2.75, 3.05) is 23.4 Å². The molecular formula is C22H30N2O5S2. The molecule has 0 radical (unpaired) electrons. The van der Waals surface area contributed by atoms with Crippen LogP contribution in [0.25, 0.3) is 0 Å². The molecule has 0 saturated carbocycles. The smallest absolute Gasteiger partial charge is 0.232 e. The highest BCUT2D eigenvalue weighted by Gasteiger charge is 2.20. The van der Waals surface area contributed by atoms with E-state index in [9.17, 15) is 21.6 Å². The molecule has 31 heavy (non-hydrogen) atoms. The fourth-order valence-electron chi connectivity index (χ4n) is 3.33. The summed E-state index contributed by atoms with van der Waals surface area (Å²) >= 11 is 0. The highest BCUT2D eigenvalue weighted by molar-refractivity contribution is 7.92. The molecule has 0 bridgehead atoms. The molecule has 0 saturated heterocycles. The molecule has 0 aliphatic rings. The minimum Gasteiger partial charge on any atom is -0.349 e. The van der Waals surface area contributed by atoms with Gasteiger partial charge in [-0.3, -0.25) is 9.10 Å². The molecule has 1 N–H and O–H groups in total. The van der Waals surface area contributed by atoms with Gasteiger partial charge in [-0.15, -0.1) is 0 Å². The van der Waals surface area contributed by atoms with Crippen LogP contribution in [-0.2, 0) is 24.7 Å². The number of carbonyl (C=O) groups excluding carboxylic acids is 1. The number of amides is 1. The largest absolute Gasteiger partial charge is 0.349 e. The first-order valence-electron chi connectivity index (χ1n) is 10.1. The van der Waals surface area contributed by atoms with Gasteiger partial charge in [0.2, 0.25) is 15.9 Å². The summed E-state index contributed by atoms with van der Waals surface area (Å²) in [5.74, 6) is -0.183. The number of hydrogen-bond acceptors (Lipinski definition) is 5. The van der Waals surface area contributed by atoms with E-state index >= 15 is 0 Å². The van der Waals surface area contributed by atoms with Crippen LogP contribution in [0, 0.1) is 6.92 Å². The minimum atomic E-state index is -3.47. The molecular weight excluding hydrogens is 436 g/mol. The monoisotopic (exact) mass is 466 g/mol. The average molecular weight is 467 g/mol. The maximum absolute atomic E-state index is 12.5. The first-order valence-corrected chi connectivity index (χ1v) is 13.8. The molecule has 0 aliphatic heterocycles. The molecule has 0 spiro atoms. The van der Waals surface area contributed by atoms with Gasteiger partial charge in [0, 0.05) is 19.2 Å². The molecule has 0 heterocycles. The van der Waals surface area contributed by atoms with Crippen molar-refractivity contribution in [2.45, 2.75) is 44.0 Å². The van der Waals surface area contributed by atoms with Crippen LogP contribution in [0.1, 0.15) is 43.4 Å². The molecule has 7 nitrogen and oxygen atoms in total. The van der Waals surface area contributed by atoms with Crippen LogP contribution in [0.3, 0.4) is 0 Å². The fourth-order valence-corrected chi connectivity index (χ4v) is 4.98. The van der Waals surface area contributed by atoms with Crippen molar-refractivity contribution in [3.63, 3.8) is 0 Å². The number of rotatable bonds is 10. The van der Waals surface area contributed by atoms with E-state index in [-0.39, 0.29) is 29.8 Å². The zero-order valence-corrected chi connectivity index (χ0v) is 20.0. The first kappa shape index (κ1) is 24.9. The lowest BCUT2D eigenvalue weighted by atomic mass is 10.0. The van der Waals surface area contributed by atoms with Gasteiger partial charge in [0.1, 0.15) is 0 Å². The standard InChI is InChI=1S/C22H30N2O5S2/c1-5-20(18-12-14-19(15-13-18)30(3,26)27)23-22(25)11-8-16-24(31(4,28)29)21-10-7-6-9-17(21)2/h6-7,9-10,12-15,20H,5,8,11,16H2,1-4H3,(H,23,25)/t20-/m0/s1. The van der Waals surface area contributed by atoms with Gasteiger partial charge in [0.25, 0.3) is 0 Å². The van der Waals surface area contributed by atoms with Crippen LogP contribution in [0.15, 0.2) is 53.4 Å². The van der Waals surface area contributed by atoms with Crippen LogP contribution in [0.5, 0.6) is 0 Å².